The largest absolute Gasteiger partial charge is 0.394 e. The first kappa shape index (κ1) is 65.8. The maximum Gasteiger partial charge on any atom is 0.222 e. The van der Waals surface area contributed by atoms with Crippen LogP contribution >= 0.6 is 0 Å². The van der Waals surface area contributed by atoms with Gasteiger partial charge in [0.15, 0.2) is 0 Å². The van der Waals surface area contributed by atoms with E-state index in [0.29, 0.717) is 6.42 Å². The molecule has 0 aliphatic carbocycles. The Kier molecular flexibility index (Phi) is 56.4. The topological polar surface area (TPSA) is 89.8 Å². The number of amides is 1. The standard InChI is InChI=1S/C62H121NO4/c1-3-5-7-9-11-13-15-17-19-21-23-25-27-29-30-31-32-33-35-37-39-41-43-45-47-49-51-53-55-59(65)57-62(67)63-60(58-64)61(66)56-54-52-50-48-46-44-42-40-38-36-34-28-26-24-22-20-18-16-14-12-10-8-6-4-2/h46,48,54,56,59-61,64-66H,3-45,47,49-53,55,57-58H2,1-2H3,(H,63,67)/b48-46+,56-54+. The molecule has 0 saturated carbocycles. The molecule has 0 aliphatic heterocycles. The first-order valence-corrected chi connectivity index (χ1v) is 30.6. The minimum atomic E-state index is -0.951. The van der Waals surface area contributed by atoms with E-state index in [1.165, 1.54) is 283 Å². The van der Waals surface area contributed by atoms with Crippen LogP contribution in [0.1, 0.15) is 341 Å². The molecule has 3 atom stereocenters. The highest BCUT2D eigenvalue weighted by Crippen LogP contribution is 2.18. The number of rotatable bonds is 57. The lowest BCUT2D eigenvalue weighted by Gasteiger charge is -2.21. The summed E-state index contributed by atoms with van der Waals surface area (Å²) in [5, 5.41) is 33.5. The van der Waals surface area contributed by atoms with Crippen molar-refractivity contribution in [2.75, 3.05) is 6.61 Å². The lowest BCUT2D eigenvalue weighted by molar-refractivity contribution is -0.124. The first-order chi connectivity index (χ1) is 33.0. The summed E-state index contributed by atoms with van der Waals surface area (Å²) in [4.78, 5) is 12.5. The van der Waals surface area contributed by atoms with E-state index in [4.69, 9.17) is 0 Å². The van der Waals surface area contributed by atoms with Crippen molar-refractivity contribution in [1.82, 2.24) is 5.32 Å². The highest BCUT2D eigenvalue weighted by atomic mass is 16.3. The Hall–Kier alpha value is -1.17. The summed E-state index contributed by atoms with van der Waals surface area (Å²) < 4.78 is 0. The molecule has 4 N–H and O–H groups in total. The number of hydrogen-bond acceptors (Lipinski definition) is 4. The maximum absolute atomic E-state index is 12.5. The zero-order valence-corrected chi connectivity index (χ0v) is 45.6. The molecule has 0 aliphatic rings. The van der Waals surface area contributed by atoms with Gasteiger partial charge in [0.1, 0.15) is 0 Å². The van der Waals surface area contributed by atoms with Gasteiger partial charge in [0.05, 0.1) is 31.3 Å². The molecule has 1 amide bonds. The van der Waals surface area contributed by atoms with E-state index in [0.717, 1.165) is 32.1 Å². The molecular formula is C62H121NO4. The summed E-state index contributed by atoms with van der Waals surface area (Å²) in [6.07, 6.45) is 73.9. The van der Waals surface area contributed by atoms with Crippen LogP contribution in [0.25, 0.3) is 0 Å². The molecule has 0 aromatic heterocycles. The molecular weight excluding hydrogens is 823 g/mol. The number of unbranched alkanes of at least 4 members (excludes halogenated alkanes) is 46. The van der Waals surface area contributed by atoms with Crippen molar-refractivity contribution in [3.63, 3.8) is 0 Å². The predicted octanol–water partition coefficient (Wildman–Crippen LogP) is 19.2. The van der Waals surface area contributed by atoms with E-state index < -0.39 is 18.2 Å². The molecule has 0 spiro atoms. The Bertz CT molecular complexity index is 998. The molecule has 5 heteroatoms. The number of carbonyl (C=O) groups excluding carboxylic acids is 1. The van der Waals surface area contributed by atoms with Crippen LogP contribution in [0.2, 0.25) is 0 Å². The average Bonchev–Trinajstić information content (AvgIpc) is 3.32. The molecule has 67 heavy (non-hydrogen) atoms. The van der Waals surface area contributed by atoms with Gasteiger partial charge in [-0.15, -0.1) is 0 Å². The van der Waals surface area contributed by atoms with Gasteiger partial charge in [-0.2, -0.15) is 0 Å². The summed E-state index contributed by atoms with van der Waals surface area (Å²) in [6, 6.07) is -0.760. The number of nitrogens with one attached hydrogen (secondary N) is 1. The Morgan fingerprint density at radius 3 is 0.955 bits per heavy atom. The van der Waals surface area contributed by atoms with Crippen LogP contribution in [0.5, 0.6) is 0 Å². The first-order valence-electron chi connectivity index (χ1n) is 30.6. The summed E-state index contributed by atoms with van der Waals surface area (Å²) in [5.74, 6) is -0.318. The van der Waals surface area contributed by atoms with E-state index >= 15 is 0 Å². The molecule has 398 valence electrons. The highest BCUT2D eigenvalue weighted by Gasteiger charge is 2.20. The number of allylic oxidation sites excluding steroid dienone is 3. The Morgan fingerprint density at radius 1 is 0.373 bits per heavy atom. The van der Waals surface area contributed by atoms with E-state index in [9.17, 15) is 20.1 Å². The number of hydrogen-bond donors (Lipinski definition) is 4. The van der Waals surface area contributed by atoms with Crippen LogP contribution in [-0.4, -0.2) is 46.1 Å². The van der Waals surface area contributed by atoms with Gasteiger partial charge in [-0.1, -0.05) is 327 Å². The van der Waals surface area contributed by atoms with Crippen LogP contribution in [0, 0.1) is 0 Å². The molecule has 5 nitrogen and oxygen atoms in total. The van der Waals surface area contributed by atoms with Gasteiger partial charge < -0.3 is 20.6 Å². The molecule has 0 aromatic carbocycles. The molecule has 0 radical (unpaired) electrons. The van der Waals surface area contributed by atoms with Crippen molar-refractivity contribution < 1.29 is 20.1 Å². The molecule has 0 saturated heterocycles. The van der Waals surface area contributed by atoms with Crippen molar-refractivity contribution in [3.8, 4) is 0 Å². The third kappa shape index (κ3) is 54.0. The number of aliphatic hydroxyl groups is 3. The van der Waals surface area contributed by atoms with Crippen molar-refractivity contribution in [2.24, 2.45) is 0 Å². The highest BCUT2D eigenvalue weighted by molar-refractivity contribution is 5.76. The second-order valence-corrected chi connectivity index (χ2v) is 21.3. The van der Waals surface area contributed by atoms with Crippen molar-refractivity contribution >= 4 is 5.91 Å². The van der Waals surface area contributed by atoms with Crippen LogP contribution in [-0.2, 0) is 4.79 Å². The summed E-state index contributed by atoms with van der Waals surface area (Å²) >= 11 is 0. The predicted molar refractivity (Wildman–Crippen MR) is 296 cm³/mol. The smallest absolute Gasteiger partial charge is 0.222 e. The maximum atomic E-state index is 12.5. The van der Waals surface area contributed by atoms with Crippen molar-refractivity contribution in [1.29, 1.82) is 0 Å². The normalized spacial score (nSPS) is 13.3. The zero-order valence-electron chi connectivity index (χ0n) is 45.6. The van der Waals surface area contributed by atoms with E-state index in [1.807, 2.05) is 6.08 Å². The fraction of sp³-hybridized carbons (Fsp3) is 0.919. The number of aliphatic hydroxyl groups excluding tert-OH is 3. The van der Waals surface area contributed by atoms with Gasteiger partial charge in [0.2, 0.25) is 5.91 Å². The second kappa shape index (κ2) is 57.4. The zero-order chi connectivity index (χ0) is 48.6. The van der Waals surface area contributed by atoms with Gasteiger partial charge >= 0.3 is 0 Å². The molecule has 0 heterocycles. The van der Waals surface area contributed by atoms with Crippen LogP contribution in [0.15, 0.2) is 24.3 Å². The minimum Gasteiger partial charge on any atom is -0.394 e. The Morgan fingerprint density at radius 2 is 0.642 bits per heavy atom. The van der Waals surface area contributed by atoms with Crippen molar-refractivity contribution in [3.05, 3.63) is 24.3 Å². The van der Waals surface area contributed by atoms with E-state index in [1.54, 1.807) is 6.08 Å². The lowest BCUT2D eigenvalue weighted by Crippen LogP contribution is -2.45. The fourth-order valence-electron chi connectivity index (χ4n) is 9.83. The third-order valence-corrected chi connectivity index (χ3v) is 14.5. The van der Waals surface area contributed by atoms with Gasteiger partial charge in [-0.05, 0) is 32.1 Å². The average molecular weight is 945 g/mol. The minimum absolute atomic E-state index is 0.0106. The monoisotopic (exact) mass is 944 g/mol. The van der Waals surface area contributed by atoms with Gasteiger partial charge in [0, 0.05) is 0 Å². The van der Waals surface area contributed by atoms with E-state index in [2.05, 4.69) is 31.3 Å². The van der Waals surface area contributed by atoms with Crippen LogP contribution < -0.4 is 5.32 Å². The van der Waals surface area contributed by atoms with E-state index in [-0.39, 0.29) is 18.9 Å². The van der Waals surface area contributed by atoms with Gasteiger partial charge in [-0.3, -0.25) is 4.79 Å². The SMILES string of the molecule is CCCCCCCCCCCCCCCCCCCC/C=C/CC/C=C/C(O)C(CO)NC(=O)CC(O)CCCCCCCCCCCCCCCCCCCCCCCCCCCCCC. The molecule has 0 rings (SSSR count). The molecule has 0 fully saturated rings. The van der Waals surface area contributed by atoms with Gasteiger partial charge in [-0.25, -0.2) is 0 Å². The number of carbonyl (C=O) groups is 1. The molecule has 0 bridgehead atoms. The molecule has 3 unspecified atom stereocenters. The summed E-state index contributed by atoms with van der Waals surface area (Å²) in [6.45, 7) is 4.25. The molecule has 0 aromatic rings. The van der Waals surface area contributed by atoms with Crippen LogP contribution in [0.3, 0.4) is 0 Å². The lowest BCUT2D eigenvalue weighted by atomic mass is 10.0. The van der Waals surface area contributed by atoms with Gasteiger partial charge in [0.25, 0.3) is 0 Å². The quantitative estimate of drug-likeness (QED) is 0.0361. The van der Waals surface area contributed by atoms with Crippen molar-refractivity contribution in [2.45, 2.75) is 360 Å². The summed E-state index contributed by atoms with van der Waals surface area (Å²) in [7, 11) is 0. The Labute approximate surface area is 420 Å². The fourth-order valence-corrected chi connectivity index (χ4v) is 9.83. The Balaban J connectivity index is 3.54. The summed E-state index contributed by atoms with van der Waals surface area (Å²) in [5.41, 5.74) is 0. The third-order valence-electron chi connectivity index (χ3n) is 14.5. The second-order valence-electron chi connectivity index (χ2n) is 21.3. The van der Waals surface area contributed by atoms with Crippen LogP contribution in [0.4, 0.5) is 0 Å².